The summed E-state index contributed by atoms with van der Waals surface area (Å²) in [4.78, 5) is 31.9. The summed E-state index contributed by atoms with van der Waals surface area (Å²) in [5.74, 6) is 0.207. The van der Waals surface area contributed by atoms with Gasteiger partial charge in [0, 0.05) is 20.2 Å². The first-order valence-electron chi connectivity index (χ1n) is 9.63. The highest BCUT2D eigenvalue weighted by atomic mass is 16.5. The zero-order valence-electron chi connectivity index (χ0n) is 17.1. The molecule has 7 nitrogen and oxygen atoms in total. The van der Waals surface area contributed by atoms with Crippen LogP contribution >= 0.6 is 0 Å². The Morgan fingerprint density at radius 3 is 2.29 bits per heavy atom. The Balaban J connectivity index is 1.98. The van der Waals surface area contributed by atoms with Crippen molar-refractivity contribution in [3.8, 4) is 5.75 Å². The lowest BCUT2D eigenvalue weighted by molar-refractivity contribution is -0.138. The van der Waals surface area contributed by atoms with Crippen molar-refractivity contribution in [2.24, 2.45) is 0 Å². The third kappa shape index (κ3) is 3.91. The van der Waals surface area contributed by atoms with Crippen molar-refractivity contribution in [1.29, 1.82) is 0 Å². The number of amides is 2. The van der Waals surface area contributed by atoms with Crippen LogP contribution in [-0.2, 0) is 14.3 Å². The van der Waals surface area contributed by atoms with Crippen molar-refractivity contribution in [3.05, 3.63) is 35.5 Å². The summed E-state index contributed by atoms with van der Waals surface area (Å²) >= 11 is 0. The van der Waals surface area contributed by atoms with E-state index in [-0.39, 0.29) is 24.4 Å². The van der Waals surface area contributed by atoms with Crippen LogP contribution in [0.2, 0.25) is 0 Å². The topological polar surface area (TPSA) is 62.3 Å². The number of methoxy groups -OCH3 is 2. The van der Waals surface area contributed by atoms with E-state index in [0.717, 1.165) is 31.5 Å². The Bertz CT molecular complexity index is 751. The second-order valence-electron chi connectivity index (χ2n) is 7.35. The number of carbonyl (C=O) groups excluding carboxylic acids is 2. The normalized spacial score (nSPS) is 18.9. The summed E-state index contributed by atoms with van der Waals surface area (Å²) in [5.41, 5.74) is 1.68. The van der Waals surface area contributed by atoms with Gasteiger partial charge in [0.05, 0.1) is 25.8 Å². The Labute approximate surface area is 166 Å². The molecule has 1 aromatic carbocycles. The van der Waals surface area contributed by atoms with Crippen LogP contribution in [0.5, 0.6) is 5.75 Å². The van der Waals surface area contributed by atoms with Gasteiger partial charge in [0.25, 0.3) is 11.8 Å². The number of rotatable bonds is 7. The minimum Gasteiger partial charge on any atom is -0.497 e. The van der Waals surface area contributed by atoms with Crippen LogP contribution in [0.4, 0.5) is 0 Å². The van der Waals surface area contributed by atoms with Gasteiger partial charge < -0.3 is 19.3 Å². The average molecular weight is 387 g/mol. The lowest BCUT2D eigenvalue weighted by Gasteiger charge is -2.36. The molecule has 2 amide bonds. The van der Waals surface area contributed by atoms with Gasteiger partial charge in [-0.1, -0.05) is 12.1 Å². The molecule has 7 heteroatoms. The van der Waals surface area contributed by atoms with Crippen molar-refractivity contribution in [2.75, 3.05) is 54.6 Å². The van der Waals surface area contributed by atoms with Crippen LogP contribution in [-0.4, -0.2) is 87.1 Å². The number of piperidine rings is 1. The Morgan fingerprint density at radius 1 is 1.07 bits per heavy atom. The number of hydrogen-bond donors (Lipinski definition) is 0. The van der Waals surface area contributed by atoms with Gasteiger partial charge in [0.2, 0.25) is 0 Å². The van der Waals surface area contributed by atoms with E-state index in [9.17, 15) is 9.59 Å². The van der Waals surface area contributed by atoms with Crippen molar-refractivity contribution in [2.45, 2.75) is 18.9 Å². The number of carbonyl (C=O) groups is 2. The van der Waals surface area contributed by atoms with E-state index in [1.165, 1.54) is 4.90 Å². The minimum atomic E-state index is -0.262. The van der Waals surface area contributed by atoms with E-state index in [2.05, 4.69) is 11.9 Å². The fourth-order valence-corrected chi connectivity index (χ4v) is 3.86. The van der Waals surface area contributed by atoms with Gasteiger partial charge >= 0.3 is 0 Å². The van der Waals surface area contributed by atoms with E-state index in [4.69, 9.17) is 9.47 Å². The van der Waals surface area contributed by atoms with E-state index in [0.29, 0.717) is 23.6 Å². The fourth-order valence-electron chi connectivity index (χ4n) is 3.86. The Kier molecular flexibility index (Phi) is 6.36. The van der Waals surface area contributed by atoms with Crippen molar-refractivity contribution in [1.82, 2.24) is 14.7 Å². The number of likely N-dealkylation sites (N-methyl/N-ethyl adjacent to an activating group) is 1. The van der Waals surface area contributed by atoms with Gasteiger partial charge in [-0.05, 0) is 50.7 Å². The maximum atomic E-state index is 13.2. The van der Waals surface area contributed by atoms with E-state index < -0.39 is 0 Å². The standard InChI is InChI=1S/C21H29N3O4/c1-22-11-9-16(10-12-22)23(2)19-18(15-5-7-17(28-4)8-6-15)20(25)24(21(19)26)13-14-27-3/h5-8,16H,9-14H2,1-4H3. The second-order valence-corrected chi connectivity index (χ2v) is 7.35. The molecular weight excluding hydrogens is 358 g/mol. The van der Waals surface area contributed by atoms with Crippen LogP contribution in [0.1, 0.15) is 18.4 Å². The number of hydrogen-bond acceptors (Lipinski definition) is 6. The van der Waals surface area contributed by atoms with Crippen molar-refractivity contribution >= 4 is 17.4 Å². The van der Waals surface area contributed by atoms with Crippen molar-refractivity contribution < 1.29 is 19.1 Å². The molecular formula is C21H29N3O4. The molecule has 1 saturated heterocycles. The first-order chi connectivity index (χ1) is 13.5. The molecule has 0 unspecified atom stereocenters. The molecule has 152 valence electrons. The van der Waals surface area contributed by atoms with Crippen LogP contribution in [0.25, 0.3) is 5.57 Å². The Morgan fingerprint density at radius 2 is 1.71 bits per heavy atom. The third-order valence-corrected chi connectivity index (χ3v) is 5.63. The molecule has 0 aliphatic carbocycles. The highest BCUT2D eigenvalue weighted by Gasteiger charge is 2.42. The largest absolute Gasteiger partial charge is 0.497 e. The summed E-state index contributed by atoms with van der Waals surface area (Å²) in [6, 6.07) is 7.53. The van der Waals surface area contributed by atoms with Gasteiger partial charge in [-0.2, -0.15) is 0 Å². The predicted octanol–water partition coefficient (Wildman–Crippen LogP) is 1.45. The number of ether oxygens (including phenoxy) is 2. The summed E-state index contributed by atoms with van der Waals surface area (Å²) in [5, 5.41) is 0. The molecule has 2 aliphatic rings. The van der Waals surface area contributed by atoms with Gasteiger partial charge in [0.15, 0.2) is 0 Å². The molecule has 28 heavy (non-hydrogen) atoms. The average Bonchev–Trinajstić information content (AvgIpc) is 2.96. The first-order valence-corrected chi connectivity index (χ1v) is 9.63. The number of likely N-dealkylation sites (tertiary alicyclic amines) is 1. The quantitative estimate of drug-likeness (QED) is 0.660. The molecule has 0 aromatic heterocycles. The molecule has 0 saturated carbocycles. The monoisotopic (exact) mass is 387 g/mol. The van der Waals surface area contributed by atoms with E-state index >= 15 is 0 Å². The zero-order valence-corrected chi connectivity index (χ0v) is 17.1. The van der Waals surface area contributed by atoms with Crippen LogP contribution < -0.4 is 4.74 Å². The summed E-state index contributed by atoms with van der Waals surface area (Å²) in [6.45, 7) is 2.53. The molecule has 1 fully saturated rings. The maximum Gasteiger partial charge on any atom is 0.277 e. The van der Waals surface area contributed by atoms with E-state index in [1.54, 1.807) is 14.2 Å². The van der Waals surface area contributed by atoms with Gasteiger partial charge in [-0.3, -0.25) is 14.5 Å². The van der Waals surface area contributed by atoms with Crippen LogP contribution in [0, 0.1) is 0 Å². The zero-order chi connectivity index (χ0) is 20.3. The highest BCUT2D eigenvalue weighted by Crippen LogP contribution is 2.34. The predicted molar refractivity (Wildman–Crippen MR) is 107 cm³/mol. The minimum absolute atomic E-state index is 0.235. The lowest BCUT2D eigenvalue weighted by Crippen LogP contribution is -2.44. The summed E-state index contributed by atoms with van der Waals surface area (Å²) < 4.78 is 10.3. The summed E-state index contributed by atoms with van der Waals surface area (Å²) in [6.07, 6.45) is 1.93. The van der Waals surface area contributed by atoms with Crippen LogP contribution in [0.15, 0.2) is 30.0 Å². The first kappa shape index (κ1) is 20.4. The molecule has 0 bridgehead atoms. The molecule has 0 radical (unpaired) electrons. The number of imide groups is 1. The molecule has 2 aliphatic heterocycles. The molecule has 2 heterocycles. The summed E-state index contributed by atoms with van der Waals surface area (Å²) in [7, 11) is 7.20. The van der Waals surface area contributed by atoms with E-state index in [1.807, 2.05) is 36.2 Å². The molecule has 0 spiro atoms. The highest BCUT2D eigenvalue weighted by molar-refractivity contribution is 6.35. The smallest absolute Gasteiger partial charge is 0.277 e. The third-order valence-electron chi connectivity index (χ3n) is 5.63. The van der Waals surface area contributed by atoms with Gasteiger partial charge in [-0.25, -0.2) is 0 Å². The molecule has 1 aromatic rings. The van der Waals surface area contributed by atoms with Gasteiger partial charge in [-0.15, -0.1) is 0 Å². The molecule has 3 rings (SSSR count). The molecule has 0 N–H and O–H groups in total. The number of nitrogens with zero attached hydrogens (tertiary/aromatic N) is 3. The molecule has 0 atom stereocenters. The second kappa shape index (κ2) is 8.75. The lowest BCUT2D eigenvalue weighted by atomic mass is 10.00. The fraction of sp³-hybridized carbons (Fsp3) is 0.524. The SMILES string of the molecule is COCCN1C(=O)C(c2ccc(OC)cc2)=C(N(C)C2CCN(C)CC2)C1=O. The van der Waals surface area contributed by atoms with Gasteiger partial charge in [0.1, 0.15) is 11.4 Å². The Hall–Kier alpha value is -2.38. The van der Waals surface area contributed by atoms with Crippen LogP contribution in [0.3, 0.4) is 0 Å². The number of benzene rings is 1. The van der Waals surface area contributed by atoms with Crippen molar-refractivity contribution in [3.63, 3.8) is 0 Å². The maximum absolute atomic E-state index is 13.2.